The van der Waals surface area contributed by atoms with E-state index in [1.807, 2.05) is 18.2 Å². The normalized spacial score (nSPS) is 23.0. The molecule has 0 spiro atoms. The highest BCUT2D eigenvalue weighted by Crippen LogP contribution is 2.46. The molecule has 0 N–H and O–H groups in total. The Hall–Kier alpha value is -1.83. The summed E-state index contributed by atoms with van der Waals surface area (Å²) in [7, 11) is 0. The molecule has 0 saturated heterocycles. The Morgan fingerprint density at radius 1 is 0.862 bits per heavy atom. The minimum absolute atomic E-state index is 0.199. The zero-order chi connectivity index (χ0) is 20.1. The topological polar surface area (TPSA) is 9.23 Å². The predicted octanol–water partition coefficient (Wildman–Crippen LogP) is 7.58. The van der Waals surface area contributed by atoms with Crippen molar-refractivity contribution in [1.29, 1.82) is 0 Å². The van der Waals surface area contributed by atoms with Crippen LogP contribution in [0.2, 0.25) is 0 Å². The van der Waals surface area contributed by atoms with Crippen LogP contribution in [0.15, 0.2) is 48.5 Å². The predicted molar refractivity (Wildman–Crippen MR) is 117 cm³/mol. The van der Waals surface area contributed by atoms with Crippen molar-refractivity contribution in [3.63, 3.8) is 0 Å². The molecule has 29 heavy (non-hydrogen) atoms. The van der Waals surface area contributed by atoms with Crippen molar-refractivity contribution in [2.24, 2.45) is 23.7 Å². The van der Waals surface area contributed by atoms with Crippen molar-refractivity contribution in [2.75, 3.05) is 0 Å². The molecular formula is C27H35FO. The van der Waals surface area contributed by atoms with E-state index >= 15 is 0 Å². The van der Waals surface area contributed by atoms with E-state index in [9.17, 15) is 4.39 Å². The van der Waals surface area contributed by atoms with Gasteiger partial charge in [0, 0.05) is 5.56 Å². The van der Waals surface area contributed by atoms with Gasteiger partial charge in [0.15, 0.2) is 0 Å². The summed E-state index contributed by atoms with van der Waals surface area (Å²) in [4.78, 5) is 0. The van der Waals surface area contributed by atoms with E-state index in [-0.39, 0.29) is 12.4 Å². The fourth-order valence-corrected chi connectivity index (χ4v) is 5.17. The lowest BCUT2D eigenvalue weighted by Gasteiger charge is -2.30. The first-order chi connectivity index (χ1) is 14.2. The Morgan fingerprint density at radius 3 is 2.17 bits per heavy atom. The van der Waals surface area contributed by atoms with Crippen molar-refractivity contribution < 1.29 is 9.13 Å². The molecule has 2 heteroatoms. The molecule has 4 rings (SSSR count). The molecule has 2 aromatic carbocycles. The first kappa shape index (κ1) is 20.4. The molecule has 0 heterocycles. The molecule has 2 saturated carbocycles. The van der Waals surface area contributed by atoms with E-state index in [4.69, 9.17) is 4.74 Å². The highest BCUT2D eigenvalue weighted by molar-refractivity contribution is 5.33. The average Bonchev–Trinajstić information content (AvgIpc) is 3.58. The molecule has 0 aliphatic heterocycles. The van der Waals surface area contributed by atoms with Gasteiger partial charge in [-0.3, -0.25) is 0 Å². The third-order valence-corrected chi connectivity index (χ3v) is 7.14. The number of aryl methyl sites for hydroxylation is 1. The highest BCUT2D eigenvalue weighted by Gasteiger charge is 2.34. The van der Waals surface area contributed by atoms with Crippen LogP contribution in [-0.2, 0) is 13.0 Å². The van der Waals surface area contributed by atoms with Crippen LogP contribution in [-0.4, -0.2) is 0 Å². The van der Waals surface area contributed by atoms with E-state index in [1.54, 1.807) is 12.1 Å². The van der Waals surface area contributed by atoms with Gasteiger partial charge in [0.25, 0.3) is 0 Å². The van der Waals surface area contributed by atoms with Gasteiger partial charge < -0.3 is 4.74 Å². The molecular weight excluding hydrogens is 359 g/mol. The number of hydrogen-bond donors (Lipinski definition) is 0. The largest absolute Gasteiger partial charge is 0.489 e. The third kappa shape index (κ3) is 5.84. The van der Waals surface area contributed by atoms with Gasteiger partial charge in [0.05, 0.1) is 0 Å². The number of rotatable bonds is 9. The van der Waals surface area contributed by atoms with Crippen molar-refractivity contribution in [3.05, 3.63) is 65.5 Å². The monoisotopic (exact) mass is 394 g/mol. The Balaban J connectivity index is 1.24. The van der Waals surface area contributed by atoms with Crippen molar-refractivity contribution >= 4 is 0 Å². The molecule has 1 atom stereocenters. The molecule has 2 aromatic rings. The number of benzene rings is 2. The minimum Gasteiger partial charge on any atom is -0.489 e. The standard InChI is InChI=1S/C27H35FO/c1-20(18-21-11-14-22(15-12-21)23-16-17-23)10-13-24-6-3-5-9-27(24)29-19-25-7-2-4-8-26(25)28/h2-9,20-23H,10-19H2,1H3. The maximum absolute atomic E-state index is 13.9. The zero-order valence-electron chi connectivity index (χ0n) is 17.8. The zero-order valence-corrected chi connectivity index (χ0v) is 17.8. The maximum Gasteiger partial charge on any atom is 0.129 e. The summed E-state index contributed by atoms with van der Waals surface area (Å²) in [5.41, 5.74) is 1.85. The summed E-state index contributed by atoms with van der Waals surface area (Å²) in [6, 6.07) is 15.1. The van der Waals surface area contributed by atoms with Gasteiger partial charge in [-0.25, -0.2) is 4.39 Å². The summed E-state index contributed by atoms with van der Waals surface area (Å²) in [6.45, 7) is 2.69. The second-order valence-corrected chi connectivity index (χ2v) is 9.49. The quantitative estimate of drug-likeness (QED) is 0.426. The maximum atomic E-state index is 13.9. The summed E-state index contributed by atoms with van der Waals surface area (Å²) >= 11 is 0. The van der Waals surface area contributed by atoms with Crippen LogP contribution in [0.3, 0.4) is 0 Å². The van der Waals surface area contributed by atoms with Gasteiger partial charge in [-0.15, -0.1) is 0 Å². The molecule has 2 fully saturated rings. The van der Waals surface area contributed by atoms with E-state index in [1.165, 1.54) is 63.0 Å². The number of hydrogen-bond acceptors (Lipinski definition) is 1. The SMILES string of the molecule is CC(CCc1ccccc1OCc1ccccc1F)CC1CCC(C2CC2)CC1. The van der Waals surface area contributed by atoms with Crippen LogP contribution in [0.4, 0.5) is 4.39 Å². The van der Waals surface area contributed by atoms with Crippen LogP contribution < -0.4 is 4.74 Å². The number of halogens is 1. The van der Waals surface area contributed by atoms with Gasteiger partial charge in [-0.1, -0.05) is 56.2 Å². The summed E-state index contributed by atoms with van der Waals surface area (Å²) < 4.78 is 19.8. The second-order valence-electron chi connectivity index (χ2n) is 9.49. The molecule has 0 amide bonds. The summed E-state index contributed by atoms with van der Waals surface area (Å²) in [5, 5.41) is 0. The van der Waals surface area contributed by atoms with Crippen molar-refractivity contribution in [3.8, 4) is 5.75 Å². The first-order valence-electron chi connectivity index (χ1n) is 11.6. The van der Waals surface area contributed by atoms with Crippen LogP contribution in [0.5, 0.6) is 5.75 Å². The number of para-hydroxylation sites is 1. The summed E-state index contributed by atoms with van der Waals surface area (Å²) in [5.74, 6) is 4.53. The Labute approximate surface area is 175 Å². The Bertz CT molecular complexity index is 774. The van der Waals surface area contributed by atoms with E-state index in [0.717, 1.165) is 35.8 Å². The lowest BCUT2D eigenvalue weighted by molar-refractivity contribution is 0.220. The molecule has 0 aromatic heterocycles. The van der Waals surface area contributed by atoms with Gasteiger partial charge in [0.1, 0.15) is 18.2 Å². The Morgan fingerprint density at radius 2 is 1.48 bits per heavy atom. The highest BCUT2D eigenvalue weighted by atomic mass is 19.1. The number of ether oxygens (including phenoxy) is 1. The second kappa shape index (κ2) is 9.78. The minimum atomic E-state index is -0.199. The van der Waals surface area contributed by atoms with E-state index in [2.05, 4.69) is 19.1 Å². The molecule has 0 bridgehead atoms. The smallest absolute Gasteiger partial charge is 0.129 e. The molecule has 2 aliphatic carbocycles. The van der Waals surface area contributed by atoms with E-state index < -0.39 is 0 Å². The Kier molecular flexibility index (Phi) is 6.90. The van der Waals surface area contributed by atoms with Crippen molar-refractivity contribution in [2.45, 2.75) is 71.3 Å². The van der Waals surface area contributed by atoms with Gasteiger partial charge in [-0.05, 0) is 86.3 Å². The van der Waals surface area contributed by atoms with Crippen molar-refractivity contribution in [1.82, 2.24) is 0 Å². The van der Waals surface area contributed by atoms with Crippen LogP contribution in [0, 0.1) is 29.5 Å². The van der Waals surface area contributed by atoms with Crippen LogP contribution in [0.1, 0.15) is 69.4 Å². The lowest BCUT2D eigenvalue weighted by Crippen LogP contribution is -2.18. The molecule has 1 nitrogen and oxygen atoms in total. The van der Waals surface area contributed by atoms with Gasteiger partial charge >= 0.3 is 0 Å². The van der Waals surface area contributed by atoms with Gasteiger partial charge in [-0.2, -0.15) is 0 Å². The molecule has 0 radical (unpaired) electrons. The lowest BCUT2D eigenvalue weighted by atomic mass is 9.76. The first-order valence-corrected chi connectivity index (χ1v) is 11.6. The fraction of sp³-hybridized carbons (Fsp3) is 0.556. The van der Waals surface area contributed by atoms with Gasteiger partial charge in [0.2, 0.25) is 0 Å². The summed E-state index contributed by atoms with van der Waals surface area (Å²) in [6.07, 6.45) is 12.5. The van der Waals surface area contributed by atoms with Crippen LogP contribution >= 0.6 is 0 Å². The third-order valence-electron chi connectivity index (χ3n) is 7.14. The molecule has 156 valence electrons. The van der Waals surface area contributed by atoms with E-state index in [0.29, 0.717) is 5.56 Å². The molecule has 2 aliphatic rings. The molecule has 1 unspecified atom stereocenters. The average molecular weight is 395 g/mol. The fourth-order valence-electron chi connectivity index (χ4n) is 5.17. The van der Waals surface area contributed by atoms with Crippen LogP contribution in [0.25, 0.3) is 0 Å².